The minimum atomic E-state index is 0.0658. The highest BCUT2D eigenvalue weighted by atomic mass is 16.5. The number of ether oxygens (including phenoxy) is 2. The number of hydrogen-bond acceptors (Lipinski definition) is 5. The number of nitrogens with one attached hydrogen (secondary N) is 1. The number of H-pyrrole nitrogens is 1. The maximum absolute atomic E-state index is 10.3. The van der Waals surface area contributed by atoms with E-state index in [1.807, 2.05) is 30.3 Å². The zero-order chi connectivity index (χ0) is 20.1. The van der Waals surface area contributed by atoms with E-state index in [0.717, 1.165) is 11.1 Å². The van der Waals surface area contributed by atoms with Gasteiger partial charge < -0.3 is 25.3 Å². The Morgan fingerprint density at radius 1 is 1.21 bits per heavy atom. The maximum atomic E-state index is 10.3. The van der Waals surface area contributed by atoms with E-state index in [1.54, 1.807) is 32.4 Å². The van der Waals surface area contributed by atoms with Crippen molar-refractivity contribution >= 4 is 22.8 Å². The Morgan fingerprint density at radius 3 is 2.64 bits per heavy atom. The normalized spacial score (nSPS) is 12.0. The van der Waals surface area contributed by atoms with Crippen LogP contribution in [0.25, 0.3) is 17.0 Å². The summed E-state index contributed by atoms with van der Waals surface area (Å²) >= 11 is 0. The smallest absolute Gasteiger partial charge is 0.161 e. The molecule has 0 saturated heterocycles. The van der Waals surface area contributed by atoms with Crippen LogP contribution in [-0.4, -0.2) is 30.1 Å². The Morgan fingerprint density at radius 2 is 1.96 bits per heavy atom. The molecule has 0 atom stereocenters. The summed E-state index contributed by atoms with van der Waals surface area (Å²) in [5, 5.41) is 20.5. The van der Waals surface area contributed by atoms with Crippen molar-refractivity contribution in [3.05, 3.63) is 59.3 Å². The van der Waals surface area contributed by atoms with E-state index in [0.29, 0.717) is 22.6 Å². The fraction of sp³-hybridized carbons (Fsp3) is 0.143. The third-order valence-electron chi connectivity index (χ3n) is 4.27. The first-order chi connectivity index (χ1) is 13.6. The number of nitrogens with zero attached hydrogens (tertiary/aromatic N) is 2. The van der Waals surface area contributed by atoms with Gasteiger partial charge in [-0.15, -0.1) is 0 Å². The standard InChI is InChI=1S/C21H20N4O3/c1-27-18-8-7-13(9-19(18)28-2)12-24-21(23)14(11-22)10-17-20(26)15-5-3-4-6-16(15)25-17/h3-10,25-26H,12H2,1-2H3,(H2,23,24). The molecule has 0 unspecified atom stereocenters. The van der Waals surface area contributed by atoms with Gasteiger partial charge in [0.1, 0.15) is 17.7 Å². The molecular weight excluding hydrogens is 356 g/mol. The number of rotatable bonds is 6. The van der Waals surface area contributed by atoms with E-state index < -0.39 is 0 Å². The molecule has 0 spiro atoms. The summed E-state index contributed by atoms with van der Waals surface area (Å²) in [6.07, 6.45) is 1.49. The Labute approximate surface area is 162 Å². The highest BCUT2D eigenvalue weighted by molar-refractivity contribution is 6.05. The summed E-state index contributed by atoms with van der Waals surface area (Å²) in [6, 6.07) is 14.8. The van der Waals surface area contributed by atoms with Gasteiger partial charge in [0.25, 0.3) is 0 Å². The average Bonchev–Trinajstić information content (AvgIpc) is 3.05. The lowest BCUT2D eigenvalue weighted by Crippen LogP contribution is -2.14. The zero-order valence-electron chi connectivity index (χ0n) is 15.6. The molecular formula is C21H20N4O3. The summed E-state index contributed by atoms with van der Waals surface area (Å²) in [5.74, 6) is 1.36. The lowest BCUT2D eigenvalue weighted by atomic mass is 10.2. The number of benzene rings is 2. The van der Waals surface area contributed by atoms with Gasteiger partial charge in [0.15, 0.2) is 11.5 Å². The Kier molecular flexibility index (Phi) is 5.51. The molecule has 0 aliphatic rings. The molecule has 4 N–H and O–H groups in total. The Hall–Kier alpha value is -3.92. The van der Waals surface area contributed by atoms with Gasteiger partial charge in [-0.3, -0.25) is 4.99 Å². The van der Waals surface area contributed by atoms with Crippen LogP contribution in [0, 0.1) is 11.3 Å². The van der Waals surface area contributed by atoms with Gasteiger partial charge in [0.05, 0.1) is 32.0 Å². The molecule has 0 fully saturated rings. The first-order valence-corrected chi connectivity index (χ1v) is 8.50. The van der Waals surface area contributed by atoms with E-state index in [4.69, 9.17) is 15.2 Å². The van der Waals surface area contributed by atoms with E-state index in [1.165, 1.54) is 6.08 Å². The molecule has 0 amide bonds. The Bertz CT molecular complexity index is 1110. The summed E-state index contributed by atoms with van der Waals surface area (Å²) < 4.78 is 10.5. The Balaban J connectivity index is 1.86. The second-order valence-corrected chi connectivity index (χ2v) is 5.99. The van der Waals surface area contributed by atoms with E-state index in [2.05, 4.69) is 9.98 Å². The van der Waals surface area contributed by atoms with Crippen LogP contribution in [0.1, 0.15) is 11.3 Å². The first kappa shape index (κ1) is 18.9. The molecule has 3 aromatic rings. The monoisotopic (exact) mass is 376 g/mol. The van der Waals surface area contributed by atoms with Gasteiger partial charge >= 0.3 is 0 Å². The molecule has 7 heteroatoms. The molecule has 3 rings (SSSR count). The van der Waals surface area contributed by atoms with E-state index in [-0.39, 0.29) is 23.7 Å². The predicted molar refractivity (Wildman–Crippen MR) is 108 cm³/mol. The van der Waals surface area contributed by atoms with Gasteiger partial charge in [0.2, 0.25) is 0 Å². The van der Waals surface area contributed by atoms with Crippen LogP contribution in [0.2, 0.25) is 0 Å². The van der Waals surface area contributed by atoms with Gasteiger partial charge in [-0.2, -0.15) is 5.26 Å². The van der Waals surface area contributed by atoms with Crippen molar-refractivity contribution in [3.8, 4) is 23.3 Å². The largest absolute Gasteiger partial charge is 0.505 e. The van der Waals surface area contributed by atoms with Crippen molar-refractivity contribution in [1.29, 1.82) is 5.26 Å². The minimum absolute atomic E-state index is 0.0658. The SMILES string of the molecule is COc1ccc(CN=C(N)C(C#N)=Cc2[nH]c3ccccc3c2O)cc1OC. The molecule has 28 heavy (non-hydrogen) atoms. The molecule has 0 aliphatic carbocycles. The van der Waals surface area contributed by atoms with Crippen molar-refractivity contribution in [3.63, 3.8) is 0 Å². The summed E-state index contributed by atoms with van der Waals surface area (Å²) in [7, 11) is 3.12. The number of aromatic amines is 1. The molecule has 1 heterocycles. The zero-order valence-corrected chi connectivity index (χ0v) is 15.6. The van der Waals surface area contributed by atoms with Crippen LogP contribution >= 0.6 is 0 Å². The topological polar surface area (TPSA) is 117 Å². The second kappa shape index (κ2) is 8.18. The highest BCUT2D eigenvalue weighted by Gasteiger charge is 2.11. The van der Waals surface area contributed by atoms with Crippen LogP contribution in [-0.2, 0) is 6.54 Å². The third kappa shape index (κ3) is 3.76. The molecule has 0 bridgehead atoms. The predicted octanol–water partition coefficient (Wildman–Crippen LogP) is 3.36. The van der Waals surface area contributed by atoms with Crippen LogP contribution in [0.5, 0.6) is 17.2 Å². The number of amidine groups is 1. The molecule has 0 aliphatic heterocycles. The number of para-hydroxylation sites is 1. The number of nitrogens with two attached hydrogens (primary N) is 1. The fourth-order valence-corrected chi connectivity index (χ4v) is 2.80. The van der Waals surface area contributed by atoms with Crippen molar-refractivity contribution in [2.75, 3.05) is 14.2 Å². The number of hydrogen-bond donors (Lipinski definition) is 3. The summed E-state index contributed by atoms with van der Waals surface area (Å²) in [4.78, 5) is 7.35. The lowest BCUT2D eigenvalue weighted by Gasteiger charge is -2.08. The number of methoxy groups -OCH3 is 2. The van der Waals surface area contributed by atoms with Crippen molar-refractivity contribution < 1.29 is 14.6 Å². The van der Waals surface area contributed by atoms with Crippen LogP contribution in [0.4, 0.5) is 0 Å². The number of aromatic hydroxyl groups is 1. The fourth-order valence-electron chi connectivity index (χ4n) is 2.80. The molecule has 2 aromatic carbocycles. The number of aromatic nitrogens is 1. The maximum Gasteiger partial charge on any atom is 0.161 e. The summed E-state index contributed by atoms with van der Waals surface area (Å²) in [5.41, 5.74) is 8.18. The van der Waals surface area contributed by atoms with Crippen LogP contribution in [0.3, 0.4) is 0 Å². The van der Waals surface area contributed by atoms with Crippen LogP contribution < -0.4 is 15.2 Å². The van der Waals surface area contributed by atoms with Gasteiger partial charge in [-0.25, -0.2) is 0 Å². The summed E-state index contributed by atoms with van der Waals surface area (Å²) in [6.45, 7) is 0.268. The van der Waals surface area contributed by atoms with E-state index in [9.17, 15) is 10.4 Å². The number of nitriles is 1. The molecule has 7 nitrogen and oxygen atoms in total. The van der Waals surface area contributed by atoms with Crippen molar-refractivity contribution in [1.82, 2.24) is 4.98 Å². The van der Waals surface area contributed by atoms with Gasteiger partial charge in [0, 0.05) is 10.9 Å². The van der Waals surface area contributed by atoms with Crippen molar-refractivity contribution in [2.24, 2.45) is 10.7 Å². The lowest BCUT2D eigenvalue weighted by molar-refractivity contribution is 0.354. The van der Waals surface area contributed by atoms with Crippen molar-refractivity contribution in [2.45, 2.75) is 6.54 Å². The minimum Gasteiger partial charge on any atom is -0.505 e. The number of aliphatic imine (C=N–C) groups is 1. The quantitative estimate of drug-likeness (QED) is 0.346. The van der Waals surface area contributed by atoms with E-state index >= 15 is 0 Å². The highest BCUT2D eigenvalue weighted by Crippen LogP contribution is 2.30. The first-order valence-electron chi connectivity index (χ1n) is 8.50. The average molecular weight is 376 g/mol. The number of fused-ring (bicyclic) bond motifs is 1. The van der Waals surface area contributed by atoms with Gasteiger partial charge in [-0.1, -0.05) is 18.2 Å². The molecule has 0 saturated carbocycles. The van der Waals surface area contributed by atoms with Gasteiger partial charge in [-0.05, 0) is 35.9 Å². The van der Waals surface area contributed by atoms with Crippen LogP contribution in [0.15, 0.2) is 53.0 Å². The third-order valence-corrected chi connectivity index (χ3v) is 4.27. The second-order valence-electron chi connectivity index (χ2n) is 5.99. The molecule has 142 valence electrons. The molecule has 0 radical (unpaired) electrons. The molecule has 1 aromatic heterocycles.